The van der Waals surface area contributed by atoms with Crippen molar-refractivity contribution >= 4 is 38.4 Å². The van der Waals surface area contributed by atoms with Crippen molar-refractivity contribution in [3.8, 4) is 0 Å². The molecule has 26 heavy (non-hydrogen) atoms. The SMILES string of the molecule is C[C@H]1CCc2c(sc3ncnc(NCCc4nc5ccccc5[nH]4)c23)C1. The Morgan fingerprint density at radius 2 is 2.19 bits per heavy atom. The van der Waals surface area contributed by atoms with Crippen molar-refractivity contribution in [1.29, 1.82) is 0 Å². The minimum Gasteiger partial charge on any atom is -0.369 e. The van der Waals surface area contributed by atoms with Gasteiger partial charge in [-0.05, 0) is 42.9 Å². The maximum atomic E-state index is 4.65. The molecule has 3 heterocycles. The van der Waals surface area contributed by atoms with Gasteiger partial charge in [-0.3, -0.25) is 0 Å². The molecule has 3 aromatic heterocycles. The number of thiophene rings is 1. The van der Waals surface area contributed by atoms with E-state index in [1.807, 2.05) is 29.5 Å². The van der Waals surface area contributed by atoms with E-state index in [2.05, 4.69) is 38.2 Å². The molecule has 1 aliphatic rings. The van der Waals surface area contributed by atoms with Crippen molar-refractivity contribution in [3.63, 3.8) is 0 Å². The Balaban J connectivity index is 1.37. The van der Waals surface area contributed by atoms with Crippen LogP contribution in [-0.2, 0) is 19.3 Å². The van der Waals surface area contributed by atoms with E-state index in [0.717, 1.165) is 52.8 Å². The minimum atomic E-state index is 0.771. The smallest absolute Gasteiger partial charge is 0.138 e. The summed E-state index contributed by atoms with van der Waals surface area (Å²) in [6, 6.07) is 8.14. The van der Waals surface area contributed by atoms with Crippen LogP contribution in [0.3, 0.4) is 0 Å². The van der Waals surface area contributed by atoms with Gasteiger partial charge in [0, 0.05) is 17.8 Å². The summed E-state index contributed by atoms with van der Waals surface area (Å²) < 4.78 is 0. The molecule has 1 aliphatic carbocycles. The van der Waals surface area contributed by atoms with Crippen LogP contribution in [0.1, 0.15) is 29.6 Å². The predicted molar refractivity (Wildman–Crippen MR) is 107 cm³/mol. The first kappa shape index (κ1) is 15.8. The molecule has 0 unspecified atom stereocenters. The van der Waals surface area contributed by atoms with Crippen molar-refractivity contribution < 1.29 is 0 Å². The summed E-state index contributed by atoms with van der Waals surface area (Å²) in [5.74, 6) is 2.75. The summed E-state index contributed by atoms with van der Waals surface area (Å²) in [5.41, 5.74) is 3.58. The van der Waals surface area contributed by atoms with Crippen LogP contribution in [0.2, 0.25) is 0 Å². The first-order valence-electron chi connectivity index (χ1n) is 9.20. The average molecular weight is 363 g/mol. The van der Waals surface area contributed by atoms with E-state index in [9.17, 15) is 0 Å². The molecule has 0 bridgehead atoms. The Morgan fingerprint density at radius 3 is 3.12 bits per heavy atom. The molecule has 0 saturated carbocycles. The molecule has 5 nitrogen and oxygen atoms in total. The summed E-state index contributed by atoms with van der Waals surface area (Å²) in [4.78, 5) is 19.7. The van der Waals surface area contributed by atoms with Crippen molar-refractivity contribution in [2.24, 2.45) is 5.92 Å². The third-order valence-electron chi connectivity index (χ3n) is 5.18. The number of anilines is 1. The molecule has 6 heteroatoms. The third kappa shape index (κ3) is 2.74. The number of hydrogen-bond donors (Lipinski definition) is 2. The van der Waals surface area contributed by atoms with E-state index in [0.29, 0.717) is 0 Å². The normalized spacial score (nSPS) is 16.9. The van der Waals surface area contributed by atoms with E-state index >= 15 is 0 Å². The summed E-state index contributed by atoms with van der Waals surface area (Å²) in [5, 5.41) is 4.76. The quantitative estimate of drug-likeness (QED) is 0.566. The maximum absolute atomic E-state index is 4.65. The van der Waals surface area contributed by atoms with Gasteiger partial charge in [0.15, 0.2) is 0 Å². The lowest BCUT2D eigenvalue weighted by atomic mass is 9.89. The Bertz CT molecular complexity index is 1050. The molecule has 132 valence electrons. The second-order valence-corrected chi connectivity index (χ2v) is 8.22. The fourth-order valence-corrected chi connectivity index (χ4v) is 5.18. The van der Waals surface area contributed by atoms with Crippen molar-refractivity contribution in [2.45, 2.75) is 32.6 Å². The van der Waals surface area contributed by atoms with Crippen molar-refractivity contribution in [3.05, 3.63) is 46.9 Å². The second-order valence-electron chi connectivity index (χ2n) is 7.13. The number of nitrogens with one attached hydrogen (secondary N) is 2. The van der Waals surface area contributed by atoms with Crippen molar-refractivity contribution in [1.82, 2.24) is 19.9 Å². The average Bonchev–Trinajstić information content (AvgIpc) is 3.22. The van der Waals surface area contributed by atoms with E-state index in [1.165, 1.54) is 28.7 Å². The van der Waals surface area contributed by atoms with Gasteiger partial charge in [0.2, 0.25) is 0 Å². The highest BCUT2D eigenvalue weighted by Gasteiger charge is 2.22. The van der Waals surface area contributed by atoms with Crippen LogP contribution in [0.25, 0.3) is 21.3 Å². The Labute approximate surface area is 155 Å². The van der Waals surface area contributed by atoms with Crippen LogP contribution >= 0.6 is 11.3 Å². The number of aryl methyl sites for hydroxylation is 1. The largest absolute Gasteiger partial charge is 0.369 e. The molecular weight excluding hydrogens is 342 g/mol. The molecule has 0 aliphatic heterocycles. The number of rotatable bonds is 4. The van der Waals surface area contributed by atoms with E-state index in [-0.39, 0.29) is 0 Å². The van der Waals surface area contributed by atoms with Gasteiger partial charge in [-0.1, -0.05) is 19.1 Å². The van der Waals surface area contributed by atoms with Crippen LogP contribution in [0.15, 0.2) is 30.6 Å². The maximum Gasteiger partial charge on any atom is 0.138 e. The lowest BCUT2D eigenvalue weighted by Crippen LogP contribution is -2.10. The topological polar surface area (TPSA) is 66.5 Å². The minimum absolute atomic E-state index is 0.771. The molecule has 0 radical (unpaired) electrons. The molecule has 0 saturated heterocycles. The van der Waals surface area contributed by atoms with Crippen LogP contribution in [-0.4, -0.2) is 26.5 Å². The molecule has 5 rings (SSSR count). The van der Waals surface area contributed by atoms with Gasteiger partial charge in [-0.15, -0.1) is 11.3 Å². The van der Waals surface area contributed by atoms with Gasteiger partial charge in [-0.25, -0.2) is 15.0 Å². The molecular formula is C20H21N5S. The highest BCUT2D eigenvalue weighted by molar-refractivity contribution is 7.19. The molecule has 0 fully saturated rings. The number of H-pyrrole nitrogens is 1. The zero-order valence-corrected chi connectivity index (χ0v) is 15.6. The predicted octanol–water partition coefficient (Wildman–Crippen LogP) is 4.35. The van der Waals surface area contributed by atoms with Crippen LogP contribution in [0, 0.1) is 5.92 Å². The number of fused-ring (bicyclic) bond motifs is 4. The fraction of sp³-hybridized carbons (Fsp3) is 0.350. The number of nitrogens with zero attached hydrogens (tertiary/aromatic N) is 3. The van der Waals surface area contributed by atoms with Gasteiger partial charge >= 0.3 is 0 Å². The second kappa shape index (κ2) is 6.36. The summed E-state index contributed by atoms with van der Waals surface area (Å²) in [6.07, 6.45) is 6.09. The number of aromatic nitrogens is 4. The van der Waals surface area contributed by atoms with Gasteiger partial charge in [0.25, 0.3) is 0 Å². The number of hydrogen-bond acceptors (Lipinski definition) is 5. The highest BCUT2D eigenvalue weighted by Crippen LogP contribution is 2.39. The summed E-state index contributed by atoms with van der Waals surface area (Å²) in [7, 11) is 0. The van der Waals surface area contributed by atoms with Crippen molar-refractivity contribution in [2.75, 3.05) is 11.9 Å². The number of imidazole rings is 1. The molecule has 0 amide bonds. The molecule has 1 aromatic carbocycles. The Morgan fingerprint density at radius 1 is 1.27 bits per heavy atom. The summed E-state index contributed by atoms with van der Waals surface area (Å²) in [6.45, 7) is 3.14. The highest BCUT2D eigenvalue weighted by atomic mass is 32.1. The van der Waals surface area contributed by atoms with Gasteiger partial charge in [-0.2, -0.15) is 0 Å². The first-order chi connectivity index (χ1) is 12.8. The Kier molecular flexibility index (Phi) is 3.85. The third-order valence-corrected chi connectivity index (χ3v) is 6.35. The lowest BCUT2D eigenvalue weighted by Gasteiger charge is -2.18. The first-order valence-corrected chi connectivity index (χ1v) is 10.0. The van der Waals surface area contributed by atoms with Crippen LogP contribution < -0.4 is 5.32 Å². The zero-order valence-electron chi connectivity index (χ0n) is 14.7. The standard InChI is InChI=1S/C20H21N5S/c1-12-6-7-13-16(10-12)26-20-18(13)19(22-11-23-20)21-9-8-17-24-14-4-2-3-5-15(14)25-17/h2-5,11-12H,6-10H2,1H3,(H,24,25)(H,21,22,23)/t12-/m0/s1. The number of para-hydroxylation sites is 2. The van der Waals surface area contributed by atoms with E-state index < -0.39 is 0 Å². The van der Waals surface area contributed by atoms with Gasteiger partial charge in [0.1, 0.15) is 22.8 Å². The number of benzene rings is 1. The molecule has 1 atom stereocenters. The van der Waals surface area contributed by atoms with Gasteiger partial charge < -0.3 is 10.3 Å². The molecule has 2 N–H and O–H groups in total. The Hall–Kier alpha value is -2.47. The zero-order chi connectivity index (χ0) is 17.5. The fourth-order valence-electron chi connectivity index (χ4n) is 3.83. The van der Waals surface area contributed by atoms with Gasteiger partial charge in [0.05, 0.1) is 16.4 Å². The van der Waals surface area contributed by atoms with Crippen LogP contribution in [0.5, 0.6) is 0 Å². The van der Waals surface area contributed by atoms with E-state index in [4.69, 9.17) is 0 Å². The number of aromatic amines is 1. The van der Waals surface area contributed by atoms with Crippen LogP contribution in [0.4, 0.5) is 5.82 Å². The molecule has 4 aromatic rings. The van der Waals surface area contributed by atoms with E-state index in [1.54, 1.807) is 6.33 Å². The summed E-state index contributed by atoms with van der Waals surface area (Å²) >= 11 is 1.84. The lowest BCUT2D eigenvalue weighted by molar-refractivity contribution is 0.509. The monoisotopic (exact) mass is 363 g/mol. The molecule has 0 spiro atoms.